The Labute approximate surface area is 149 Å². The summed E-state index contributed by atoms with van der Waals surface area (Å²) >= 11 is 1.98. The number of ketones is 1. The number of benzene rings is 1. The molecule has 5 atom stereocenters. The van der Waals surface area contributed by atoms with Crippen molar-refractivity contribution in [3.8, 4) is 0 Å². The van der Waals surface area contributed by atoms with Gasteiger partial charge in [0.25, 0.3) is 0 Å². The van der Waals surface area contributed by atoms with Crippen LogP contribution in [-0.2, 0) is 4.79 Å². The molecule has 5 rings (SSSR count). The van der Waals surface area contributed by atoms with Gasteiger partial charge in [0, 0.05) is 17.2 Å². The van der Waals surface area contributed by atoms with E-state index in [9.17, 15) is 4.79 Å². The monoisotopic (exact) mass is 338 g/mol. The number of carbonyl (C=O) groups is 1. The molecule has 0 N–H and O–H groups in total. The van der Waals surface area contributed by atoms with Crippen LogP contribution in [0, 0.1) is 29.1 Å². The van der Waals surface area contributed by atoms with E-state index in [1.807, 2.05) is 11.8 Å². The summed E-state index contributed by atoms with van der Waals surface area (Å²) in [4.78, 5) is 15.9. The zero-order chi connectivity index (χ0) is 16.1. The van der Waals surface area contributed by atoms with E-state index in [2.05, 4.69) is 36.4 Å². The topological polar surface area (TPSA) is 17.1 Å². The van der Waals surface area contributed by atoms with Gasteiger partial charge in [0.2, 0.25) is 0 Å². The Balaban J connectivity index is 1.55. The second-order valence-electron chi connectivity index (χ2n) is 8.33. The van der Waals surface area contributed by atoms with E-state index in [1.54, 1.807) is 4.91 Å². The summed E-state index contributed by atoms with van der Waals surface area (Å²) in [7, 11) is 0. The van der Waals surface area contributed by atoms with Crippen molar-refractivity contribution < 1.29 is 4.79 Å². The Morgan fingerprint density at radius 2 is 1.88 bits per heavy atom. The van der Waals surface area contributed by atoms with Crippen molar-refractivity contribution in [2.75, 3.05) is 0 Å². The Morgan fingerprint density at radius 3 is 2.75 bits per heavy atom. The summed E-state index contributed by atoms with van der Waals surface area (Å²) < 4.78 is 0. The third-order valence-corrected chi connectivity index (χ3v) is 8.68. The first kappa shape index (κ1) is 15.3. The van der Waals surface area contributed by atoms with Crippen LogP contribution in [0.4, 0.5) is 0 Å². The third kappa shape index (κ3) is 2.11. The molecule has 0 aliphatic heterocycles. The minimum Gasteiger partial charge on any atom is -0.299 e. The second-order valence-corrected chi connectivity index (χ2v) is 9.48. The zero-order valence-corrected chi connectivity index (χ0v) is 15.1. The van der Waals surface area contributed by atoms with Gasteiger partial charge in [-0.3, -0.25) is 4.79 Å². The zero-order valence-electron chi connectivity index (χ0n) is 14.2. The molecule has 0 amide bonds. The summed E-state index contributed by atoms with van der Waals surface area (Å²) in [5.74, 6) is 3.11. The lowest BCUT2D eigenvalue weighted by atomic mass is 9.51. The number of allylic oxidation sites excluding steroid dienone is 2. The first-order valence-electron chi connectivity index (χ1n) is 9.75. The van der Waals surface area contributed by atoms with E-state index in [4.69, 9.17) is 0 Å². The smallest absolute Gasteiger partial charge is 0.137 e. The number of rotatable bonds is 2. The van der Waals surface area contributed by atoms with Crippen LogP contribution in [0.25, 0.3) is 0 Å². The molecule has 126 valence electrons. The number of thioether (sulfide) groups is 1. The third-order valence-electron chi connectivity index (χ3n) is 7.49. The highest BCUT2D eigenvalue weighted by Crippen LogP contribution is 2.69. The van der Waals surface area contributed by atoms with Crippen LogP contribution in [0.2, 0.25) is 0 Å². The summed E-state index contributed by atoms with van der Waals surface area (Å²) in [5.41, 5.74) is 0.322. The Kier molecular flexibility index (Phi) is 3.66. The van der Waals surface area contributed by atoms with Crippen LogP contribution in [0.5, 0.6) is 0 Å². The Bertz CT molecular complexity index is 678. The molecule has 0 radical (unpaired) electrons. The van der Waals surface area contributed by atoms with Gasteiger partial charge in [0.1, 0.15) is 5.78 Å². The van der Waals surface area contributed by atoms with Gasteiger partial charge in [0.15, 0.2) is 0 Å². The van der Waals surface area contributed by atoms with Gasteiger partial charge in [-0.15, -0.1) is 0 Å². The van der Waals surface area contributed by atoms with E-state index >= 15 is 0 Å². The van der Waals surface area contributed by atoms with E-state index in [-0.39, 0.29) is 0 Å². The highest BCUT2D eigenvalue weighted by atomic mass is 32.2. The van der Waals surface area contributed by atoms with Gasteiger partial charge in [-0.25, -0.2) is 0 Å². The molecule has 2 bridgehead atoms. The maximum absolute atomic E-state index is 12.9. The first-order chi connectivity index (χ1) is 11.8. The quantitative estimate of drug-likeness (QED) is 0.672. The van der Waals surface area contributed by atoms with Gasteiger partial charge in [-0.2, -0.15) is 0 Å². The van der Waals surface area contributed by atoms with Gasteiger partial charge >= 0.3 is 0 Å². The first-order valence-corrected chi connectivity index (χ1v) is 10.6. The predicted molar refractivity (Wildman–Crippen MR) is 98.7 cm³/mol. The van der Waals surface area contributed by atoms with E-state index in [1.165, 1.54) is 43.4 Å². The molecule has 4 aliphatic carbocycles. The van der Waals surface area contributed by atoms with Crippen molar-refractivity contribution in [2.45, 2.75) is 56.3 Å². The molecule has 1 aromatic carbocycles. The van der Waals surface area contributed by atoms with Crippen molar-refractivity contribution in [2.24, 2.45) is 29.1 Å². The average Bonchev–Trinajstić information content (AvgIpc) is 2.94. The van der Waals surface area contributed by atoms with Crippen LogP contribution >= 0.6 is 11.8 Å². The fraction of sp³-hybridized carbons (Fsp3) is 0.591. The minimum atomic E-state index is 0.322. The highest BCUT2D eigenvalue weighted by Gasteiger charge is 2.63. The molecule has 0 saturated heterocycles. The molecule has 1 aromatic rings. The van der Waals surface area contributed by atoms with Crippen molar-refractivity contribution in [3.63, 3.8) is 0 Å². The summed E-state index contributed by atoms with van der Waals surface area (Å²) in [6.07, 6.45) is 12.3. The molecule has 1 nitrogen and oxygen atoms in total. The summed E-state index contributed by atoms with van der Waals surface area (Å²) in [5, 5.41) is 0. The molecule has 24 heavy (non-hydrogen) atoms. The summed E-state index contributed by atoms with van der Waals surface area (Å²) in [6, 6.07) is 10.8. The average molecular weight is 339 g/mol. The fourth-order valence-corrected chi connectivity index (χ4v) is 7.93. The van der Waals surface area contributed by atoms with Gasteiger partial charge in [0.05, 0.1) is 0 Å². The van der Waals surface area contributed by atoms with Crippen LogP contribution < -0.4 is 0 Å². The SMILES string of the molecule is O=C1C[C@@H]2CCCC[C@@]34[C@@H]1CC=C(Sc1ccccc1)[C@@H]3CC[C@H]24. The number of Topliss-reactive ketones (excluding diaryl/α,β-unsaturated/α-hetero) is 1. The van der Waals surface area contributed by atoms with E-state index in [0.29, 0.717) is 29.0 Å². The lowest BCUT2D eigenvalue weighted by Crippen LogP contribution is -2.51. The Morgan fingerprint density at radius 1 is 1.00 bits per heavy atom. The molecule has 0 heterocycles. The van der Waals surface area contributed by atoms with Crippen LogP contribution in [0.1, 0.15) is 51.4 Å². The van der Waals surface area contributed by atoms with Crippen LogP contribution in [0.15, 0.2) is 46.2 Å². The Hall–Kier alpha value is -1.02. The fourth-order valence-electron chi connectivity index (χ4n) is 6.71. The molecule has 1 spiro atoms. The molecule has 4 aliphatic rings. The minimum absolute atomic E-state index is 0.322. The van der Waals surface area contributed by atoms with Crippen LogP contribution in [0.3, 0.4) is 0 Å². The molecule has 2 heteroatoms. The van der Waals surface area contributed by atoms with Crippen molar-refractivity contribution in [3.05, 3.63) is 41.3 Å². The van der Waals surface area contributed by atoms with E-state index < -0.39 is 0 Å². The lowest BCUT2D eigenvalue weighted by molar-refractivity contribution is -0.139. The molecule has 3 fully saturated rings. The maximum atomic E-state index is 12.9. The van der Waals surface area contributed by atoms with Crippen molar-refractivity contribution >= 4 is 17.5 Å². The molecular weight excluding hydrogens is 312 g/mol. The van der Waals surface area contributed by atoms with Gasteiger partial charge in [-0.05, 0) is 72.3 Å². The number of hydrogen-bond donors (Lipinski definition) is 0. The standard InChI is InChI=1S/C22H26OS/c23-20-14-15-6-4-5-13-22-17(15)9-10-19(22)21(12-11-18(20)22)24-16-7-2-1-3-8-16/h1-3,7-8,12,15,17-19H,4-6,9-11,13-14H2/t15-,17+,18+,19-,22+/m0/s1. The highest BCUT2D eigenvalue weighted by molar-refractivity contribution is 8.03. The number of hydrogen-bond acceptors (Lipinski definition) is 2. The van der Waals surface area contributed by atoms with Gasteiger partial charge in [-0.1, -0.05) is 48.9 Å². The lowest BCUT2D eigenvalue weighted by Gasteiger charge is -2.53. The normalized spacial score (nSPS) is 40.7. The molecule has 0 aromatic heterocycles. The molecule has 3 saturated carbocycles. The molecule has 0 unspecified atom stereocenters. The molecular formula is C22H26OS. The van der Waals surface area contributed by atoms with Crippen LogP contribution in [-0.4, -0.2) is 5.78 Å². The van der Waals surface area contributed by atoms with Gasteiger partial charge < -0.3 is 0 Å². The largest absolute Gasteiger partial charge is 0.299 e. The second kappa shape index (κ2) is 5.76. The predicted octanol–water partition coefficient (Wildman–Crippen LogP) is 5.86. The number of carbonyl (C=O) groups excluding carboxylic acids is 1. The maximum Gasteiger partial charge on any atom is 0.137 e. The van der Waals surface area contributed by atoms with Crippen molar-refractivity contribution in [1.29, 1.82) is 0 Å². The summed E-state index contributed by atoms with van der Waals surface area (Å²) in [6.45, 7) is 0. The van der Waals surface area contributed by atoms with E-state index in [0.717, 1.165) is 18.8 Å². The van der Waals surface area contributed by atoms with Crippen molar-refractivity contribution in [1.82, 2.24) is 0 Å².